The van der Waals surface area contributed by atoms with Gasteiger partial charge in [-0.05, 0) is 69.0 Å². The number of carbonyl (C=O) groups excluding carboxylic acids is 2. The first-order chi connectivity index (χ1) is 23.8. The van der Waals surface area contributed by atoms with Crippen LogP contribution in [0.5, 0.6) is 5.88 Å². The number of likely N-dealkylation sites (tertiary alicyclic amines) is 1. The summed E-state index contributed by atoms with van der Waals surface area (Å²) in [6, 6.07) is 15.4. The summed E-state index contributed by atoms with van der Waals surface area (Å²) in [6.07, 6.45) is 3.85. The highest BCUT2D eigenvalue weighted by Crippen LogP contribution is 2.54. The van der Waals surface area contributed by atoms with Crippen molar-refractivity contribution in [1.82, 2.24) is 30.0 Å². The molecular weight excluding hydrogens is 673 g/mol. The molecule has 2 atom stereocenters. The average Bonchev–Trinajstić information content (AvgIpc) is 3.18. The number of benzene rings is 2. The molecule has 2 fully saturated rings. The summed E-state index contributed by atoms with van der Waals surface area (Å²) in [4.78, 5) is 48.6. The zero-order valence-electron chi connectivity index (χ0n) is 29.8. The molecule has 2 saturated heterocycles. The van der Waals surface area contributed by atoms with Crippen molar-refractivity contribution < 1.29 is 14.3 Å². The minimum atomic E-state index is -1.03. The Hall–Kier alpha value is -3.73. The molecule has 50 heavy (non-hydrogen) atoms. The van der Waals surface area contributed by atoms with E-state index in [0.29, 0.717) is 71.9 Å². The average molecular weight is 721 g/mol. The van der Waals surface area contributed by atoms with Gasteiger partial charge in [0.1, 0.15) is 22.7 Å². The Morgan fingerprint density at radius 3 is 2.18 bits per heavy atom. The van der Waals surface area contributed by atoms with Crippen LogP contribution in [0.4, 0.5) is 4.79 Å². The van der Waals surface area contributed by atoms with Crippen LogP contribution in [0.25, 0.3) is 0 Å². The van der Waals surface area contributed by atoms with Crippen LogP contribution in [0.1, 0.15) is 83.3 Å². The van der Waals surface area contributed by atoms with Gasteiger partial charge in [0.2, 0.25) is 11.8 Å². The normalized spacial score (nSPS) is 23.8. The first-order valence-electron chi connectivity index (χ1n) is 17.5. The van der Waals surface area contributed by atoms with E-state index in [1.54, 1.807) is 6.20 Å². The molecule has 0 radical (unpaired) electrons. The highest BCUT2D eigenvalue weighted by molar-refractivity contribution is 6.30. The highest BCUT2D eigenvalue weighted by atomic mass is 35.5. The second-order valence-electron chi connectivity index (χ2n) is 14.7. The number of nitrogens with zero attached hydrogens (tertiary/aromatic N) is 6. The van der Waals surface area contributed by atoms with Gasteiger partial charge in [-0.25, -0.2) is 9.78 Å². The van der Waals surface area contributed by atoms with E-state index in [2.05, 4.69) is 44.8 Å². The van der Waals surface area contributed by atoms with Crippen LogP contribution in [0, 0.1) is 0 Å². The van der Waals surface area contributed by atoms with Crippen LogP contribution in [-0.2, 0) is 21.3 Å². The summed E-state index contributed by atoms with van der Waals surface area (Å²) in [5.74, 6) is 1.55. The van der Waals surface area contributed by atoms with Crippen LogP contribution in [0.3, 0.4) is 0 Å². The zero-order valence-corrected chi connectivity index (χ0v) is 31.3. The molecule has 3 aromatic rings. The van der Waals surface area contributed by atoms with Crippen molar-refractivity contribution >= 4 is 41.0 Å². The number of amidine groups is 1. The van der Waals surface area contributed by atoms with Gasteiger partial charge >= 0.3 is 6.03 Å². The monoisotopic (exact) mass is 719 g/mol. The number of carbonyl (C=O) groups is 2. The molecule has 12 heteroatoms. The van der Waals surface area contributed by atoms with Gasteiger partial charge in [-0.3, -0.25) is 19.6 Å². The van der Waals surface area contributed by atoms with Gasteiger partial charge in [0, 0.05) is 66.8 Å². The minimum absolute atomic E-state index is 0.0946. The van der Waals surface area contributed by atoms with Crippen molar-refractivity contribution in [2.45, 2.75) is 83.3 Å². The van der Waals surface area contributed by atoms with Crippen LogP contribution in [0.2, 0.25) is 10.0 Å². The van der Waals surface area contributed by atoms with Gasteiger partial charge in [0.05, 0.1) is 12.2 Å². The maximum absolute atomic E-state index is 15.3. The number of urea groups is 1. The van der Waals surface area contributed by atoms with E-state index in [4.69, 9.17) is 42.9 Å². The Labute approximate surface area is 305 Å². The third-order valence-corrected chi connectivity index (χ3v) is 11.0. The summed E-state index contributed by atoms with van der Waals surface area (Å²) < 4.78 is 6.18. The molecule has 266 valence electrons. The Kier molecular flexibility index (Phi) is 10.2. The lowest BCUT2D eigenvalue weighted by Gasteiger charge is -2.47. The fourth-order valence-corrected chi connectivity index (χ4v) is 7.66. The maximum atomic E-state index is 15.3. The number of ether oxygens (including phenoxy) is 1. The van der Waals surface area contributed by atoms with E-state index in [1.165, 1.54) is 0 Å². The molecule has 1 aromatic heterocycles. The van der Waals surface area contributed by atoms with Crippen molar-refractivity contribution in [3.63, 3.8) is 0 Å². The van der Waals surface area contributed by atoms with E-state index >= 15 is 4.79 Å². The van der Waals surface area contributed by atoms with E-state index in [0.717, 1.165) is 37.1 Å². The number of hydrogen-bond acceptors (Lipinski definition) is 7. The molecule has 1 N–H and O–H groups in total. The number of hydrogen-bond donors (Lipinski definition) is 1. The Bertz CT molecular complexity index is 1750. The van der Waals surface area contributed by atoms with E-state index < -0.39 is 11.1 Å². The summed E-state index contributed by atoms with van der Waals surface area (Å²) in [6.45, 7) is 15.9. The summed E-state index contributed by atoms with van der Waals surface area (Å²) >= 11 is 12.8. The fraction of sp³-hybridized carbons (Fsp3) is 0.500. The van der Waals surface area contributed by atoms with Crippen LogP contribution in [-0.4, -0.2) is 87.8 Å². The van der Waals surface area contributed by atoms with Gasteiger partial charge in [-0.15, -0.1) is 0 Å². The number of rotatable bonds is 6. The molecule has 10 nitrogen and oxygen atoms in total. The molecule has 3 amide bonds. The predicted molar refractivity (Wildman–Crippen MR) is 197 cm³/mol. The summed E-state index contributed by atoms with van der Waals surface area (Å²) in [5.41, 5.74) is -0.0329. The van der Waals surface area contributed by atoms with Crippen LogP contribution < -0.4 is 10.1 Å². The molecular formula is C38H47Cl2N7O3. The summed E-state index contributed by atoms with van der Waals surface area (Å²) in [5, 5.41) is 4.18. The molecule has 0 saturated carbocycles. The molecule has 2 aromatic carbocycles. The smallest absolute Gasteiger partial charge is 0.326 e. The number of halogens is 2. The topological polar surface area (TPSA) is 103 Å². The second-order valence-corrected chi connectivity index (χ2v) is 15.5. The zero-order chi connectivity index (χ0) is 35.8. The third kappa shape index (κ3) is 6.69. The highest BCUT2D eigenvalue weighted by Gasteiger charge is 2.60. The lowest BCUT2D eigenvalue weighted by molar-refractivity contribution is -0.120. The van der Waals surface area contributed by atoms with Gasteiger partial charge in [0.25, 0.3) is 0 Å². The molecule has 0 bridgehead atoms. The first kappa shape index (κ1) is 36.1. The molecule has 3 aliphatic heterocycles. The van der Waals surface area contributed by atoms with E-state index in [-0.39, 0.29) is 17.4 Å². The molecule has 0 spiro atoms. The van der Waals surface area contributed by atoms with Gasteiger partial charge < -0.3 is 15.0 Å². The summed E-state index contributed by atoms with van der Waals surface area (Å²) in [7, 11) is 0. The predicted octanol–water partition coefficient (Wildman–Crippen LogP) is 6.78. The minimum Gasteiger partial charge on any atom is -0.477 e. The molecule has 3 aliphatic rings. The quantitative estimate of drug-likeness (QED) is 0.302. The fourth-order valence-electron chi connectivity index (χ4n) is 7.41. The number of nitrogens with one attached hydrogen (secondary N) is 1. The van der Waals surface area contributed by atoms with Crippen LogP contribution in [0.15, 0.2) is 59.7 Å². The molecule has 4 heterocycles. The van der Waals surface area contributed by atoms with Crippen LogP contribution >= 0.6 is 23.2 Å². The molecule has 6 rings (SSSR count). The molecule has 0 aliphatic carbocycles. The van der Waals surface area contributed by atoms with Crippen molar-refractivity contribution in [2.75, 3.05) is 39.3 Å². The lowest BCUT2D eigenvalue weighted by atomic mass is 9.71. The SMILES string of the molecule is CCOc1nc(C(C)(C)C)ncc1C1=N[C@@](C)(c2ccc(Cl)cc2)[C@@](C)(c2ccc(Cl)cc2)N1C(=O)N1CCC(N2CCNC(=O)CC2)CC1. The third-order valence-electron chi connectivity index (χ3n) is 10.5. The lowest BCUT2D eigenvalue weighted by Crippen LogP contribution is -2.59. The van der Waals surface area contributed by atoms with E-state index in [1.807, 2.05) is 65.3 Å². The van der Waals surface area contributed by atoms with E-state index in [9.17, 15) is 4.79 Å². The Morgan fingerprint density at radius 2 is 1.58 bits per heavy atom. The largest absolute Gasteiger partial charge is 0.477 e. The molecule has 0 unspecified atom stereocenters. The first-order valence-corrected chi connectivity index (χ1v) is 18.2. The number of amides is 3. The Morgan fingerprint density at radius 1 is 0.960 bits per heavy atom. The van der Waals surface area contributed by atoms with Gasteiger partial charge in [-0.2, -0.15) is 4.98 Å². The van der Waals surface area contributed by atoms with Gasteiger partial charge in [0.15, 0.2) is 0 Å². The number of piperidine rings is 1. The number of aromatic nitrogens is 2. The number of aliphatic imine (C=N–C) groups is 1. The standard InChI is InChI=1S/C38H47Cl2N7O3/c1-7-50-33-30(24-42-34(43-33)36(2,3)4)32-44-37(5,25-8-12-27(39)13-9-25)38(6,26-10-14-28(40)15-11-26)47(32)35(49)46-20-16-29(17-21-46)45-22-18-31(48)41-19-23-45/h8-15,24,29H,7,16-23H2,1-6H3,(H,41,48)/t37-,38+/m0/s1. The second kappa shape index (κ2) is 14.1. The van der Waals surface area contributed by atoms with Crippen molar-refractivity contribution in [2.24, 2.45) is 4.99 Å². The Balaban J connectivity index is 1.48. The van der Waals surface area contributed by atoms with Gasteiger partial charge in [-0.1, -0.05) is 68.2 Å². The van der Waals surface area contributed by atoms with Crippen molar-refractivity contribution in [1.29, 1.82) is 0 Å². The van der Waals surface area contributed by atoms with Crippen molar-refractivity contribution in [3.05, 3.63) is 87.3 Å². The van der Waals surface area contributed by atoms with Crippen molar-refractivity contribution in [3.8, 4) is 5.88 Å². The maximum Gasteiger partial charge on any atom is 0.326 e.